The molecule has 264 valence electrons. The predicted molar refractivity (Wildman–Crippen MR) is 199 cm³/mol. The highest BCUT2D eigenvalue weighted by Crippen LogP contribution is 2.05. The molecule has 3 aromatic carbocycles. The van der Waals surface area contributed by atoms with E-state index in [1.165, 1.54) is 16.7 Å². The van der Waals surface area contributed by atoms with Gasteiger partial charge in [-0.1, -0.05) is 117 Å². The Labute approximate surface area is 287 Å². The lowest BCUT2D eigenvalue weighted by Gasteiger charge is -2.08. The Balaban J connectivity index is 0.000000702. The first-order valence-corrected chi connectivity index (χ1v) is 16.2. The number of carbonyl (C=O) groups is 2. The molecule has 0 saturated carbocycles. The van der Waals surface area contributed by atoms with Crippen molar-refractivity contribution < 1.29 is 9.59 Å². The smallest absolute Gasteiger partial charge is 0.220 e. The molecule has 48 heavy (non-hydrogen) atoms. The first-order chi connectivity index (χ1) is 23.1. The first-order valence-electron chi connectivity index (χ1n) is 16.2. The summed E-state index contributed by atoms with van der Waals surface area (Å²) in [5.74, 6) is 16.9. The highest BCUT2D eigenvalue weighted by atomic mass is 16.2. The Hall–Kier alpha value is -4.94. The summed E-state index contributed by atoms with van der Waals surface area (Å²) < 4.78 is 0. The molecule has 0 unspecified atom stereocenters. The van der Waals surface area contributed by atoms with Crippen LogP contribution in [-0.2, 0) is 22.4 Å². The van der Waals surface area contributed by atoms with Gasteiger partial charge in [0.15, 0.2) is 11.7 Å². The number of nitrogens with two attached hydrogens (primary N) is 3. The van der Waals surface area contributed by atoms with E-state index >= 15 is 0 Å². The summed E-state index contributed by atoms with van der Waals surface area (Å²) in [7, 11) is 1.70. The highest BCUT2D eigenvalue weighted by molar-refractivity contribution is 5.88. The number of nitrogens with zero attached hydrogens (tertiary/aromatic N) is 2. The standard InChI is InChI=1S/C13H21N5O.C12H19N5O.C7H8.C4H10/c1-15-18-12(17-14)10-16-13(19)9-5-8-11-6-3-2-4-7-11;13-16-11(17-14)9-15-12(18)8-4-7-10-5-2-1-3-6-10;1-7-5-3-2-4-6-7;1-4(2)3/h2-4,6-7,15H,5,8-10,14H2,1H3,(H,16,19)(H,17,18);1-3,5-6H,4,7-9,13-14H2,(H,15,18)(H,16,17);2-6H,1H3;4H,1-3H3. The average Bonchev–Trinajstić information content (AvgIpc) is 3.09. The second-order valence-corrected chi connectivity index (χ2v) is 11.3. The van der Waals surface area contributed by atoms with Crippen LogP contribution >= 0.6 is 0 Å². The van der Waals surface area contributed by atoms with Crippen molar-refractivity contribution in [2.75, 3.05) is 20.1 Å². The molecule has 0 aliphatic rings. The lowest BCUT2D eigenvalue weighted by atomic mass is 10.1. The number of carbonyl (C=O) groups excluding carboxylic acids is 2. The lowest BCUT2D eigenvalue weighted by molar-refractivity contribution is -0.121. The van der Waals surface area contributed by atoms with Crippen LogP contribution in [0.4, 0.5) is 0 Å². The van der Waals surface area contributed by atoms with Gasteiger partial charge in [0.25, 0.3) is 0 Å². The first kappa shape index (κ1) is 43.1. The quantitative estimate of drug-likeness (QED) is 0.0587. The minimum atomic E-state index is -0.0395. The van der Waals surface area contributed by atoms with E-state index in [2.05, 4.69) is 101 Å². The van der Waals surface area contributed by atoms with E-state index in [4.69, 9.17) is 17.5 Å². The van der Waals surface area contributed by atoms with E-state index in [9.17, 15) is 9.59 Å². The largest absolute Gasteiger partial charge is 0.349 e. The number of hydrogen-bond acceptors (Lipinski definition) is 8. The van der Waals surface area contributed by atoms with E-state index in [0.29, 0.717) is 31.1 Å². The fourth-order valence-electron chi connectivity index (χ4n) is 3.67. The van der Waals surface area contributed by atoms with Crippen LogP contribution in [0.15, 0.2) is 101 Å². The second kappa shape index (κ2) is 29.5. The van der Waals surface area contributed by atoms with Crippen LogP contribution in [-0.4, -0.2) is 43.6 Å². The van der Waals surface area contributed by atoms with Crippen molar-refractivity contribution in [1.82, 2.24) is 26.9 Å². The van der Waals surface area contributed by atoms with Crippen LogP contribution in [0.2, 0.25) is 0 Å². The third-order valence-electron chi connectivity index (χ3n) is 6.02. The van der Waals surface area contributed by atoms with Gasteiger partial charge in [-0.25, -0.2) is 11.3 Å². The molecule has 0 aliphatic carbocycles. The van der Waals surface area contributed by atoms with Crippen molar-refractivity contribution in [2.45, 2.75) is 66.2 Å². The zero-order valence-corrected chi connectivity index (χ0v) is 29.3. The maximum atomic E-state index is 11.6. The van der Waals surface area contributed by atoms with Gasteiger partial charge in [-0.3, -0.25) is 9.59 Å². The second-order valence-electron chi connectivity index (χ2n) is 11.3. The van der Waals surface area contributed by atoms with Crippen LogP contribution in [0.3, 0.4) is 0 Å². The minimum absolute atomic E-state index is 0.00464. The number of hydrazine groups is 2. The summed E-state index contributed by atoms with van der Waals surface area (Å²) in [6.45, 7) is 9.10. The molecule has 3 rings (SSSR count). The average molecular weight is 663 g/mol. The van der Waals surface area contributed by atoms with Gasteiger partial charge in [0.2, 0.25) is 11.8 Å². The van der Waals surface area contributed by atoms with Gasteiger partial charge < -0.3 is 33.2 Å². The number of rotatable bonds is 13. The molecule has 0 heterocycles. The number of hydrogen-bond donors (Lipinski definition) is 8. The molecular formula is C36H58N10O2. The summed E-state index contributed by atoms with van der Waals surface area (Å²) in [6, 6.07) is 30.4. The summed E-state index contributed by atoms with van der Waals surface area (Å²) in [5.41, 5.74) is 11.5. The number of amidine groups is 2. The Morgan fingerprint density at radius 1 is 0.667 bits per heavy atom. The third-order valence-corrected chi connectivity index (χ3v) is 6.02. The van der Waals surface area contributed by atoms with Gasteiger partial charge in [0.1, 0.15) is 0 Å². The van der Waals surface area contributed by atoms with Crippen LogP contribution in [0, 0.1) is 12.8 Å². The maximum Gasteiger partial charge on any atom is 0.220 e. The molecule has 3 aromatic rings. The molecule has 11 N–H and O–H groups in total. The molecule has 0 aliphatic heterocycles. The zero-order chi connectivity index (χ0) is 35.8. The molecule has 0 bridgehead atoms. The van der Waals surface area contributed by atoms with Gasteiger partial charge >= 0.3 is 0 Å². The Morgan fingerprint density at radius 3 is 1.35 bits per heavy atom. The van der Waals surface area contributed by atoms with Crippen LogP contribution in [0.1, 0.15) is 63.1 Å². The van der Waals surface area contributed by atoms with E-state index in [1.54, 1.807) is 7.05 Å². The maximum absolute atomic E-state index is 11.6. The third kappa shape index (κ3) is 26.3. The Bertz CT molecular complexity index is 1270. The van der Waals surface area contributed by atoms with E-state index in [-0.39, 0.29) is 18.4 Å². The predicted octanol–water partition coefficient (Wildman–Crippen LogP) is 3.64. The monoisotopic (exact) mass is 662 g/mol. The Morgan fingerprint density at radius 2 is 1.04 bits per heavy atom. The summed E-state index contributed by atoms with van der Waals surface area (Å²) in [5, 5.41) is 12.3. The SMILES string of the molecule is CC(C)C.CNN/C(CNC(=O)CCCc1ccccc1)=N\N.Cc1ccccc1.N/N=C(/CNC(=O)CCCc1ccccc1)NN. The molecule has 0 radical (unpaired) electrons. The van der Waals surface area contributed by atoms with E-state index in [1.807, 2.05) is 54.6 Å². The summed E-state index contributed by atoms with van der Waals surface area (Å²) >= 11 is 0. The summed E-state index contributed by atoms with van der Waals surface area (Å²) in [4.78, 5) is 23.1. The zero-order valence-electron chi connectivity index (χ0n) is 29.3. The van der Waals surface area contributed by atoms with Gasteiger partial charge in [-0.2, -0.15) is 10.2 Å². The lowest BCUT2D eigenvalue weighted by Crippen LogP contribution is -2.42. The molecule has 12 nitrogen and oxygen atoms in total. The molecule has 0 fully saturated rings. The molecule has 0 saturated heterocycles. The topological polar surface area (TPSA) is 197 Å². The van der Waals surface area contributed by atoms with Gasteiger partial charge in [0, 0.05) is 19.9 Å². The van der Waals surface area contributed by atoms with Crippen molar-refractivity contribution >= 4 is 23.5 Å². The highest BCUT2D eigenvalue weighted by Gasteiger charge is 2.04. The fourth-order valence-corrected chi connectivity index (χ4v) is 3.67. The van der Waals surface area contributed by atoms with Crippen molar-refractivity contribution in [1.29, 1.82) is 0 Å². The van der Waals surface area contributed by atoms with Crippen LogP contribution < -0.4 is 44.4 Å². The number of nitrogens with one attached hydrogen (secondary N) is 5. The van der Waals surface area contributed by atoms with Gasteiger partial charge in [-0.05, 0) is 49.7 Å². The van der Waals surface area contributed by atoms with Gasteiger partial charge in [0.05, 0.1) is 13.1 Å². The van der Waals surface area contributed by atoms with Crippen molar-refractivity contribution in [3.05, 3.63) is 108 Å². The summed E-state index contributed by atoms with van der Waals surface area (Å²) in [6.07, 6.45) is 4.39. The van der Waals surface area contributed by atoms with Crippen LogP contribution in [0.25, 0.3) is 0 Å². The number of aryl methyl sites for hydroxylation is 3. The van der Waals surface area contributed by atoms with E-state index < -0.39 is 0 Å². The molecule has 0 spiro atoms. The number of hydrazone groups is 2. The van der Waals surface area contributed by atoms with Crippen LogP contribution in [0.5, 0.6) is 0 Å². The molecular weight excluding hydrogens is 604 g/mol. The van der Waals surface area contributed by atoms with Crippen molar-refractivity contribution in [2.24, 2.45) is 33.6 Å². The molecule has 0 aromatic heterocycles. The molecule has 2 amide bonds. The molecule has 12 heteroatoms. The minimum Gasteiger partial charge on any atom is -0.349 e. The number of amides is 2. The normalized spacial score (nSPS) is 10.6. The fraction of sp³-hybridized carbons (Fsp3) is 0.389. The number of benzene rings is 3. The van der Waals surface area contributed by atoms with Crippen molar-refractivity contribution in [3.63, 3.8) is 0 Å². The van der Waals surface area contributed by atoms with Gasteiger partial charge in [-0.15, -0.1) is 0 Å². The Kier molecular flexibility index (Phi) is 26.4. The van der Waals surface area contributed by atoms with E-state index in [0.717, 1.165) is 31.6 Å². The van der Waals surface area contributed by atoms with Crippen molar-refractivity contribution in [3.8, 4) is 0 Å². The molecule has 0 atom stereocenters.